The molecule has 0 spiro atoms. The lowest BCUT2D eigenvalue weighted by Crippen LogP contribution is -2.41. The third-order valence-electron chi connectivity index (χ3n) is 7.93. The van der Waals surface area contributed by atoms with Gasteiger partial charge in [-0.3, -0.25) is 9.79 Å². The number of aryl methyl sites for hydroxylation is 1. The maximum Gasteiger partial charge on any atom is 0.302 e. The molecule has 9 nitrogen and oxygen atoms in total. The number of phenolic OH excluding ortho intramolecular Hbond substituents is 1. The molecule has 1 aromatic carbocycles. The Morgan fingerprint density at radius 3 is 2.73 bits per heavy atom. The Hall–Kier alpha value is -2.52. The number of carbonyl (C=O) groups excluding carboxylic acids is 1. The summed E-state index contributed by atoms with van der Waals surface area (Å²) >= 11 is 0. The van der Waals surface area contributed by atoms with E-state index in [0.717, 1.165) is 57.3 Å². The lowest BCUT2D eigenvalue weighted by molar-refractivity contribution is -0.148. The summed E-state index contributed by atoms with van der Waals surface area (Å²) in [6.07, 6.45) is 5.53. The van der Waals surface area contributed by atoms with Crippen LogP contribution in [0.2, 0.25) is 0 Å². The minimum atomic E-state index is -0.546. The van der Waals surface area contributed by atoms with E-state index >= 15 is 0 Å². The van der Waals surface area contributed by atoms with E-state index < -0.39 is 6.10 Å². The van der Waals surface area contributed by atoms with Gasteiger partial charge in [-0.05, 0) is 87.1 Å². The molecule has 9 heteroatoms. The van der Waals surface area contributed by atoms with Gasteiger partial charge in [0.1, 0.15) is 12.2 Å². The number of carbonyl (C=O) groups is 1. The summed E-state index contributed by atoms with van der Waals surface area (Å²) in [7, 11) is 1.66. The highest BCUT2D eigenvalue weighted by atomic mass is 16.5. The molecule has 2 fully saturated rings. The van der Waals surface area contributed by atoms with Crippen LogP contribution in [0.1, 0.15) is 64.4 Å². The molecule has 2 aliphatic rings. The molecule has 1 aliphatic heterocycles. The zero-order valence-electron chi connectivity index (χ0n) is 22.6. The minimum Gasteiger partial charge on any atom is -0.504 e. The van der Waals surface area contributed by atoms with Gasteiger partial charge in [0.15, 0.2) is 17.5 Å². The number of phenols is 1. The lowest BCUT2D eigenvalue weighted by Gasteiger charge is -2.37. The van der Waals surface area contributed by atoms with Crippen molar-refractivity contribution in [2.24, 2.45) is 28.5 Å². The summed E-state index contributed by atoms with van der Waals surface area (Å²) in [5.74, 6) is 1.82. The summed E-state index contributed by atoms with van der Waals surface area (Å²) in [4.78, 5) is 15.8. The van der Waals surface area contributed by atoms with E-state index in [0.29, 0.717) is 42.8 Å². The van der Waals surface area contributed by atoms with Crippen molar-refractivity contribution in [3.05, 3.63) is 23.8 Å². The molecule has 1 saturated carbocycles. The first-order valence-electron chi connectivity index (χ1n) is 13.8. The number of piperidine rings is 1. The first-order valence-corrected chi connectivity index (χ1v) is 13.8. The standard InChI is InChI=1S/C28H46N4O5/c1-18-4-7-21(15-22(18)17-32-28(29)30-3)26(35)16-24(36-19(2)33)8-5-20-6-9-25(34)27(14-20)37-23-10-12-31-13-11-23/h6,9,14,18,21-24,26,31,34-35H,4-5,7-8,10-13,15-17H2,1-3H3,(H3,29,30,32). The molecule has 5 atom stereocenters. The number of ether oxygens (including phenoxy) is 2. The highest BCUT2D eigenvalue weighted by molar-refractivity contribution is 5.77. The van der Waals surface area contributed by atoms with Crippen LogP contribution in [-0.2, 0) is 16.0 Å². The average Bonchev–Trinajstić information content (AvgIpc) is 2.88. The van der Waals surface area contributed by atoms with Crippen molar-refractivity contribution >= 4 is 11.9 Å². The first kappa shape index (κ1) is 29.0. The zero-order valence-corrected chi connectivity index (χ0v) is 22.6. The number of hydrogen-bond donors (Lipinski definition) is 5. The van der Waals surface area contributed by atoms with E-state index in [2.05, 4.69) is 22.5 Å². The Labute approximate surface area is 221 Å². The third-order valence-corrected chi connectivity index (χ3v) is 7.93. The van der Waals surface area contributed by atoms with E-state index in [4.69, 9.17) is 15.2 Å². The van der Waals surface area contributed by atoms with E-state index in [-0.39, 0.29) is 29.8 Å². The fourth-order valence-corrected chi connectivity index (χ4v) is 5.55. The average molecular weight is 519 g/mol. The smallest absolute Gasteiger partial charge is 0.302 e. The quantitative estimate of drug-likeness (QED) is 0.171. The zero-order chi connectivity index (χ0) is 26.8. The second-order valence-electron chi connectivity index (χ2n) is 10.7. The predicted octanol–water partition coefficient (Wildman–Crippen LogP) is 2.72. The predicted molar refractivity (Wildman–Crippen MR) is 145 cm³/mol. The van der Waals surface area contributed by atoms with E-state index in [1.54, 1.807) is 13.1 Å². The molecule has 0 radical (unpaired) electrons. The number of benzene rings is 1. The second kappa shape index (κ2) is 14.4. The van der Waals surface area contributed by atoms with Crippen molar-refractivity contribution in [1.82, 2.24) is 10.6 Å². The highest BCUT2D eigenvalue weighted by Gasteiger charge is 2.33. The van der Waals surface area contributed by atoms with Gasteiger partial charge in [-0.15, -0.1) is 0 Å². The maximum atomic E-state index is 11.8. The van der Waals surface area contributed by atoms with Crippen molar-refractivity contribution in [2.75, 3.05) is 26.7 Å². The van der Waals surface area contributed by atoms with Crippen LogP contribution in [0.4, 0.5) is 0 Å². The number of aliphatic imine (C=N–C) groups is 1. The largest absolute Gasteiger partial charge is 0.504 e. The van der Waals surface area contributed by atoms with Crippen molar-refractivity contribution in [3.8, 4) is 11.5 Å². The molecule has 3 rings (SSSR count). The summed E-state index contributed by atoms with van der Waals surface area (Å²) in [5, 5.41) is 27.9. The fraction of sp³-hybridized carbons (Fsp3) is 0.714. The van der Waals surface area contributed by atoms with Crippen molar-refractivity contribution in [2.45, 2.75) is 83.5 Å². The summed E-state index contributed by atoms with van der Waals surface area (Å²) < 4.78 is 11.7. The number of nitrogens with one attached hydrogen (secondary N) is 2. The molecule has 5 unspecified atom stereocenters. The van der Waals surface area contributed by atoms with Crippen LogP contribution in [0.15, 0.2) is 23.2 Å². The second-order valence-corrected chi connectivity index (χ2v) is 10.7. The monoisotopic (exact) mass is 518 g/mol. The Balaban J connectivity index is 1.56. The van der Waals surface area contributed by atoms with Crippen LogP contribution in [-0.4, -0.2) is 67.1 Å². The van der Waals surface area contributed by atoms with E-state index in [9.17, 15) is 15.0 Å². The molecular formula is C28H46N4O5. The molecule has 1 heterocycles. The molecule has 37 heavy (non-hydrogen) atoms. The van der Waals surface area contributed by atoms with Crippen LogP contribution in [0.25, 0.3) is 0 Å². The molecule has 0 amide bonds. The van der Waals surface area contributed by atoms with Gasteiger partial charge in [-0.1, -0.05) is 19.4 Å². The number of esters is 1. The van der Waals surface area contributed by atoms with Gasteiger partial charge in [0.05, 0.1) is 6.10 Å². The number of rotatable bonds is 11. The SMILES string of the molecule is CN=C(N)NCC1CC(C(O)CC(CCc2ccc(O)c(OC3CCNCC3)c2)OC(C)=O)CCC1C. The number of aliphatic hydroxyl groups excluding tert-OH is 1. The normalized spacial score (nSPS) is 24.8. The number of nitrogens with two attached hydrogens (primary N) is 1. The molecule has 1 aromatic rings. The third kappa shape index (κ3) is 9.38. The van der Waals surface area contributed by atoms with Gasteiger partial charge in [0.25, 0.3) is 0 Å². The Morgan fingerprint density at radius 2 is 2.03 bits per heavy atom. The summed E-state index contributed by atoms with van der Waals surface area (Å²) in [6, 6.07) is 5.41. The summed E-state index contributed by atoms with van der Waals surface area (Å²) in [5.41, 5.74) is 6.81. The van der Waals surface area contributed by atoms with Gasteiger partial charge < -0.3 is 36.1 Å². The number of aromatic hydroxyl groups is 1. The number of hydrogen-bond acceptors (Lipinski definition) is 7. The highest BCUT2D eigenvalue weighted by Crippen LogP contribution is 2.37. The summed E-state index contributed by atoms with van der Waals surface area (Å²) in [6.45, 7) is 6.22. The Kier molecular flexibility index (Phi) is 11.3. The van der Waals surface area contributed by atoms with Crippen LogP contribution < -0.4 is 21.1 Å². The molecular weight excluding hydrogens is 472 g/mol. The molecule has 1 saturated heterocycles. The minimum absolute atomic E-state index is 0.0919. The first-order chi connectivity index (χ1) is 17.7. The van der Waals surface area contributed by atoms with Crippen LogP contribution in [0.3, 0.4) is 0 Å². The molecule has 0 bridgehead atoms. The van der Waals surface area contributed by atoms with Gasteiger partial charge >= 0.3 is 5.97 Å². The van der Waals surface area contributed by atoms with Crippen molar-refractivity contribution < 1.29 is 24.5 Å². The number of nitrogens with zero attached hydrogens (tertiary/aromatic N) is 1. The lowest BCUT2D eigenvalue weighted by atomic mass is 9.72. The van der Waals surface area contributed by atoms with Crippen LogP contribution >= 0.6 is 0 Å². The van der Waals surface area contributed by atoms with E-state index in [1.165, 1.54) is 6.92 Å². The van der Waals surface area contributed by atoms with Crippen molar-refractivity contribution in [1.29, 1.82) is 0 Å². The molecule has 0 aromatic heterocycles. The molecule has 6 N–H and O–H groups in total. The van der Waals surface area contributed by atoms with E-state index in [1.807, 2.05) is 12.1 Å². The van der Waals surface area contributed by atoms with Crippen LogP contribution in [0, 0.1) is 17.8 Å². The van der Waals surface area contributed by atoms with Crippen LogP contribution in [0.5, 0.6) is 11.5 Å². The Bertz CT molecular complexity index is 889. The number of aliphatic hydroxyl groups is 1. The Morgan fingerprint density at radius 1 is 1.27 bits per heavy atom. The maximum absolute atomic E-state index is 11.8. The van der Waals surface area contributed by atoms with Gasteiger partial charge in [0, 0.05) is 26.9 Å². The topological polar surface area (TPSA) is 138 Å². The number of guanidine groups is 1. The van der Waals surface area contributed by atoms with Gasteiger partial charge in [0.2, 0.25) is 0 Å². The fourth-order valence-electron chi connectivity index (χ4n) is 5.55. The molecule has 208 valence electrons. The molecule has 1 aliphatic carbocycles. The van der Waals surface area contributed by atoms with Crippen molar-refractivity contribution in [3.63, 3.8) is 0 Å². The van der Waals surface area contributed by atoms with Gasteiger partial charge in [-0.25, -0.2) is 0 Å². The van der Waals surface area contributed by atoms with Gasteiger partial charge in [-0.2, -0.15) is 0 Å².